The van der Waals surface area contributed by atoms with Crippen molar-refractivity contribution in [3.8, 4) is 16.9 Å². The monoisotopic (exact) mass is 427 g/mol. The molecule has 4 rings (SSSR count). The zero-order valence-electron chi connectivity index (χ0n) is 18.0. The summed E-state index contributed by atoms with van der Waals surface area (Å²) in [6, 6.07) is 12.4. The SMILES string of the molecule is COc1ccc(F)cc1-c1cccc(CC2(C(=O)N3CCC[C@@H](O)C3)CCOCC2)c1. The van der Waals surface area contributed by atoms with Crippen molar-refractivity contribution < 1.29 is 23.8 Å². The Morgan fingerprint density at radius 3 is 2.81 bits per heavy atom. The van der Waals surface area contributed by atoms with Crippen LogP contribution in [0.25, 0.3) is 11.1 Å². The molecule has 166 valence electrons. The lowest BCUT2D eigenvalue weighted by atomic mass is 9.73. The Labute approximate surface area is 182 Å². The molecule has 0 aromatic heterocycles. The second kappa shape index (κ2) is 9.37. The van der Waals surface area contributed by atoms with E-state index in [0.29, 0.717) is 56.9 Å². The summed E-state index contributed by atoms with van der Waals surface area (Å²) in [6.45, 7) is 2.21. The van der Waals surface area contributed by atoms with Crippen molar-refractivity contribution in [1.82, 2.24) is 4.90 Å². The highest BCUT2D eigenvalue weighted by Crippen LogP contribution is 2.39. The average Bonchev–Trinajstić information content (AvgIpc) is 2.79. The molecule has 0 aliphatic carbocycles. The van der Waals surface area contributed by atoms with Gasteiger partial charge in [-0.25, -0.2) is 4.39 Å². The number of piperidine rings is 1. The van der Waals surface area contributed by atoms with Gasteiger partial charge in [0.05, 0.1) is 18.6 Å². The topological polar surface area (TPSA) is 59.0 Å². The molecule has 0 bridgehead atoms. The van der Waals surface area contributed by atoms with E-state index in [9.17, 15) is 14.3 Å². The Hall–Kier alpha value is -2.44. The summed E-state index contributed by atoms with van der Waals surface area (Å²) < 4.78 is 24.9. The molecule has 2 aliphatic heterocycles. The van der Waals surface area contributed by atoms with E-state index in [4.69, 9.17) is 9.47 Å². The number of carbonyl (C=O) groups is 1. The zero-order chi connectivity index (χ0) is 21.8. The molecule has 0 saturated carbocycles. The number of ether oxygens (including phenoxy) is 2. The summed E-state index contributed by atoms with van der Waals surface area (Å²) in [4.78, 5) is 15.4. The summed E-state index contributed by atoms with van der Waals surface area (Å²) >= 11 is 0. The molecular weight excluding hydrogens is 397 g/mol. The van der Waals surface area contributed by atoms with Gasteiger partial charge in [0.2, 0.25) is 5.91 Å². The number of aliphatic hydroxyl groups is 1. The lowest BCUT2D eigenvalue weighted by Gasteiger charge is -2.42. The molecule has 31 heavy (non-hydrogen) atoms. The fraction of sp³-hybridized carbons (Fsp3) is 0.480. The normalized spacial score (nSPS) is 21.0. The second-order valence-corrected chi connectivity index (χ2v) is 8.66. The van der Waals surface area contributed by atoms with Crippen LogP contribution < -0.4 is 4.74 Å². The number of hydrogen-bond acceptors (Lipinski definition) is 4. The number of rotatable bonds is 5. The summed E-state index contributed by atoms with van der Waals surface area (Å²) in [5.41, 5.74) is 2.03. The number of nitrogens with zero attached hydrogens (tertiary/aromatic N) is 1. The summed E-state index contributed by atoms with van der Waals surface area (Å²) in [6.07, 6.45) is 3.04. The van der Waals surface area contributed by atoms with E-state index >= 15 is 0 Å². The molecule has 2 fully saturated rings. The molecule has 0 spiro atoms. The van der Waals surface area contributed by atoms with E-state index in [1.54, 1.807) is 13.2 Å². The van der Waals surface area contributed by atoms with Gasteiger partial charge in [-0.05, 0) is 61.4 Å². The molecule has 2 heterocycles. The average molecular weight is 428 g/mol. The van der Waals surface area contributed by atoms with Crippen molar-refractivity contribution >= 4 is 5.91 Å². The van der Waals surface area contributed by atoms with E-state index in [-0.39, 0.29) is 11.7 Å². The standard InChI is InChI=1S/C25H30FNO4/c1-30-23-8-7-20(26)15-22(23)19-5-2-4-18(14-19)16-25(9-12-31-13-10-25)24(29)27-11-3-6-21(28)17-27/h2,4-5,7-8,14-15,21,28H,3,6,9-13,16-17H2,1H3/t21-/m1/s1. The van der Waals surface area contributed by atoms with E-state index in [1.165, 1.54) is 12.1 Å². The van der Waals surface area contributed by atoms with Gasteiger partial charge in [-0.2, -0.15) is 0 Å². The quantitative estimate of drug-likeness (QED) is 0.788. The first-order valence-corrected chi connectivity index (χ1v) is 11.0. The fourth-order valence-corrected chi connectivity index (χ4v) is 4.85. The fourth-order valence-electron chi connectivity index (χ4n) is 4.85. The third-order valence-electron chi connectivity index (χ3n) is 6.53. The van der Waals surface area contributed by atoms with Gasteiger partial charge in [-0.15, -0.1) is 0 Å². The third kappa shape index (κ3) is 4.75. The largest absolute Gasteiger partial charge is 0.496 e. The predicted octanol–water partition coefficient (Wildman–Crippen LogP) is 3.82. The third-order valence-corrected chi connectivity index (χ3v) is 6.53. The number of amides is 1. The van der Waals surface area contributed by atoms with Crippen LogP contribution in [0, 0.1) is 11.2 Å². The van der Waals surface area contributed by atoms with E-state index in [2.05, 4.69) is 0 Å². The summed E-state index contributed by atoms with van der Waals surface area (Å²) in [5, 5.41) is 10.1. The van der Waals surface area contributed by atoms with Crippen LogP contribution in [0.2, 0.25) is 0 Å². The first kappa shape index (κ1) is 21.8. The molecule has 0 unspecified atom stereocenters. The molecule has 5 nitrogen and oxygen atoms in total. The smallest absolute Gasteiger partial charge is 0.229 e. The van der Waals surface area contributed by atoms with Crippen molar-refractivity contribution in [2.75, 3.05) is 33.4 Å². The molecule has 6 heteroatoms. The molecule has 2 aliphatic rings. The Kier molecular flexibility index (Phi) is 6.58. The number of β-amino-alcohol motifs (C(OH)–C–C–N with tert-alkyl or cyclic N) is 1. The number of likely N-dealkylation sites (tertiary alicyclic amines) is 1. The molecule has 2 saturated heterocycles. The van der Waals surface area contributed by atoms with Crippen LogP contribution >= 0.6 is 0 Å². The molecule has 0 radical (unpaired) electrons. The first-order chi connectivity index (χ1) is 15.0. The highest BCUT2D eigenvalue weighted by atomic mass is 19.1. The number of halogens is 1. The molecule has 1 atom stereocenters. The predicted molar refractivity (Wildman–Crippen MR) is 116 cm³/mol. The van der Waals surface area contributed by atoms with Gasteiger partial charge in [-0.3, -0.25) is 4.79 Å². The van der Waals surface area contributed by atoms with Crippen LogP contribution in [0.15, 0.2) is 42.5 Å². The zero-order valence-corrected chi connectivity index (χ0v) is 18.0. The van der Waals surface area contributed by atoms with Crippen LogP contribution in [0.5, 0.6) is 5.75 Å². The number of hydrogen-bond donors (Lipinski definition) is 1. The molecular formula is C25H30FNO4. The highest BCUT2D eigenvalue weighted by Gasteiger charge is 2.43. The Bertz CT molecular complexity index is 925. The van der Waals surface area contributed by atoms with Crippen molar-refractivity contribution in [3.63, 3.8) is 0 Å². The van der Waals surface area contributed by atoms with Gasteiger partial charge in [-0.1, -0.05) is 24.3 Å². The molecule has 1 amide bonds. The summed E-state index contributed by atoms with van der Waals surface area (Å²) in [7, 11) is 1.57. The van der Waals surface area contributed by atoms with Crippen molar-refractivity contribution in [1.29, 1.82) is 0 Å². The minimum absolute atomic E-state index is 0.114. The highest BCUT2D eigenvalue weighted by molar-refractivity contribution is 5.83. The van der Waals surface area contributed by atoms with Gasteiger partial charge < -0.3 is 19.5 Å². The van der Waals surface area contributed by atoms with Crippen LogP contribution in [-0.2, 0) is 16.0 Å². The maximum absolute atomic E-state index is 13.9. The Morgan fingerprint density at radius 2 is 2.06 bits per heavy atom. The number of aliphatic hydroxyl groups excluding tert-OH is 1. The molecule has 2 aromatic rings. The van der Waals surface area contributed by atoms with Crippen LogP contribution in [0.3, 0.4) is 0 Å². The molecule has 2 aromatic carbocycles. The van der Waals surface area contributed by atoms with Gasteiger partial charge in [0.15, 0.2) is 0 Å². The summed E-state index contributed by atoms with van der Waals surface area (Å²) in [5.74, 6) is 0.405. The van der Waals surface area contributed by atoms with Gasteiger partial charge >= 0.3 is 0 Å². The van der Waals surface area contributed by atoms with E-state index in [1.807, 2.05) is 29.2 Å². The minimum atomic E-state index is -0.542. The molecule has 1 N–H and O–H groups in total. The lowest BCUT2D eigenvalue weighted by Crippen LogP contribution is -2.52. The van der Waals surface area contributed by atoms with Crippen LogP contribution in [0.1, 0.15) is 31.2 Å². The maximum Gasteiger partial charge on any atom is 0.229 e. The lowest BCUT2D eigenvalue weighted by molar-refractivity contribution is -0.151. The van der Waals surface area contributed by atoms with Gasteiger partial charge in [0.1, 0.15) is 11.6 Å². The van der Waals surface area contributed by atoms with Gasteiger partial charge in [0, 0.05) is 31.9 Å². The van der Waals surface area contributed by atoms with Gasteiger partial charge in [0.25, 0.3) is 0 Å². The van der Waals surface area contributed by atoms with Crippen molar-refractivity contribution in [2.24, 2.45) is 5.41 Å². The number of methoxy groups -OCH3 is 1. The van der Waals surface area contributed by atoms with E-state index < -0.39 is 11.5 Å². The van der Waals surface area contributed by atoms with Crippen LogP contribution in [0.4, 0.5) is 4.39 Å². The van der Waals surface area contributed by atoms with E-state index in [0.717, 1.165) is 24.0 Å². The van der Waals surface area contributed by atoms with Crippen molar-refractivity contribution in [3.05, 3.63) is 53.8 Å². The maximum atomic E-state index is 13.9. The minimum Gasteiger partial charge on any atom is -0.496 e. The van der Waals surface area contributed by atoms with Crippen molar-refractivity contribution in [2.45, 2.75) is 38.2 Å². The van der Waals surface area contributed by atoms with Crippen LogP contribution in [-0.4, -0.2) is 55.4 Å². The Balaban J connectivity index is 1.63. The Morgan fingerprint density at radius 1 is 1.26 bits per heavy atom. The number of carbonyl (C=O) groups excluding carboxylic acids is 1. The second-order valence-electron chi connectivity index (χ2n) is 8.66. The number of benzene rings is 2. The first-order valence-electron chi connectivity index (χ1n) is 11.0.